The van der Waals surface area contributed by atoms with E-state index in [0.29, 0.717) is 16.7 Å². The third kappa shape index (κ3) is 3.57. The van der Waals surface area contributed by atoms with Crippen LogP contribution in [0.3, 0.4) is 0 Å². The van der Waals surface area contributed by atoms with Crippen molar-refractivity contribution < 1.29 is 4.39 Å². The molecule has 0 saturated carbocycles. The van der Waals surface area contributed by atoms with Gasteiger partial charge in [0.1, 0.15) is 17.6 Å². The van der Waals surface area contributed by atoms with E-state index in [1.807, 2.05) is 19.3 Å². The summed E-state index contributed by atoms with van der Waals surface area (Å²) in [4.78, 5) is 2.36. The average Bonchev–Trinajstić information content (AvgIpc) is 3.23. The van der Waals surface area contributed by atoms with Gasteiger partial charge in [-0.15, -0.1) is 5.10 Å². The molecule has 1 unspecified atom stereocenters. The summed E-state index contributed by atoms with van der Waals surface area (Å²) in [6.45, 7) is 2.60. The molecular formula is C16H18BrFN6. The van der Waals surface area contributed by atoms with Crippen LogP contribution >= 0.6 is 15.9 Å². The van der Waals surface area contributed by atoms with Gasteiger partial charge in [0.05, 0.1) is 21.8 Å². The lowest BCUT2D eigenvalue weighted by molar-refractivity contribution is 0.251. The predicted octanol–water partition coefficient (Wildman–Crippen LogP) is 2.84. The van der Waals surface area contributed by atoms with Crippen molar-refractivity contribution in [2.75, 3.05) is 25.0 Å². The fourth-order valence-electron chi connectivity index (χ4n) is 2.98. The summed E-state index contributed by atoms with van der Waals surface area (Å²) < 4.78 is 15.6. The smallest absolute Gasteiger partial charge is 0.138 e. The molecule has 0 radical (unpaired) electrons. The fraction of sp³-hybridized carbons (Fsp3) is 0.438. The van der Waals surface area contributed by atoms with Crippen molar-refractivity contribution in [1.82, 2.24) is 19.9 Å². The first-order valence-corrected chi connectivity index (χ1v) is 8.61. The van der Waals surface area contributed by atoms with Gasteiger partial charge in [-0.3, -0.25) is 9.58 Å². The number of likely N-dealkylation sites (tertiary alicyclic amines) is 1. The van der Waals surface area contributed by atoms with E-state index in [1.165, 1.54) is 18.9 Å². The molecule has 8 heteroatoms. The zero-order valence-electron chi connectivity index (χ0n) is 13.3. The van der Waals surface area contributed by atoms with Crippen LogP contribution in [0.2, 0.25) is 0 Å². The first kappa shape index (κ1) is 16.9. The Labute approximate surface area is 148 Å². The van der Waals surface area contributed by atoms with E-state index >= 15 is 0 Å². The molecule has 0 amide bonds. The van der Waals surface area contributed by atoms with Gasteiger partial charge in [-0.2, -0.15) is 5.26 Å². The molecule has 1 fully saturated rings. The van der Waals surface area contributed by atoms with Gasteiger partial charge in [0.15, 0.2) is 0 Å². The van der Waals surface area contributed by atoms with Crippen molar-refractivity contribution in [2.24, 2.45) is 7.05 Å². The number of nitrogens with zero attached hydrogens (tertiary/aromatic N) is 5. The Hall–Kier alpha value is -1.98. The molecule has 1 aliphatic rings. The van der Waals surface area contributed by atoms with Crippen LogP contribution in [0.15, 0.2) is 22.8 Å². The SMILES string of the molecule is Cn1cc(C(CNc2cc(Br)c(F)cc2C#N)N2CCCC2)nn1. The van der Waals surface area contributed by atoms with E-state index in [2.05, 4.69) is 36.5 Å². The number of hydrogen-bond donors (Lipinski definition) is 1. The van der Waals surface area contributed by atoms with Gasteiger partial charge in [0.25, 0.3) is 0 Å². The monoisotopic (exact) mass is 392 g/mol. The number of halogens is 2. The zero-order valence-corrected chi connectivity index (χ0v) is 14.9. The zero-order chi connectivity index (χ0) is 17.1. The number of nitriles is 1. The molecule has 0 bridgehead atoms. The summed E-state index contributed by atoms with van der Waals surface area (Å²) in [7, 11) is 1.84. The summed E-state index contributed by atoms with van der Waals surface area (Å²) >= 11 is 3.17. The Kier molecular flexibility index (Phi) is 5.11. The van der Waals surface area contributed by atoms with Crippen LogP contribution in [-0.4, -0.2) is 39.5 Å². The van der Waals surface area contributed by atoms with Gasteiger partial charge in [-0.1, -0.05) is 5.21 Å². The number of benzene rings is 1. The molecule has 126 valence electrons. The summed E-state index contributed by atoms with van der Waals surface area (Å²) in [5, 5.41) is 20.8. The van der Waals surface area contributed by atoms with Crippen molar-refractivity contribution in [3.63, 3.8) is 0 Å². The van der Waals surface area contributed by atoms with Gasteiger partial charge >= 0.3 is 0 Å². The highest BCUT2D eigenvalue weighted by Crippen LogP contribution is 2.27. The molecule has 0 aliphatic carbocycles. The van der Waals surface area contributed by atoms with Gasteiger partial charge < -0.3 is 5.32 Å². The standard InChI is InChI=1S/C16H18BrFN6/c1-23-10-15(21-22-23)16(24-4-2-3-5-24)9-20-14-7-12(17)13(18)6-11(14)8-19/h6-7,10,16,20H,2-5,9H2,1H3. The van der Waals surface area contributed by atoms with E-state index in [-0.39, 0.29) is 11.6 Å². The lowest BCUT2D eigenvalue weighted by Gasteiger charge is -2.26. The topological polar surface area (TPSA) is 69.8 Å². The Morgan fingerprint density at radius 2 is 2.17 bits per heavy atom. The second kappa shape index (κ2) is 7.28. The Morgan fingerprint density at radius 3 is 2.79 bits per heavy atom. The maximum atomic E-state index is 13.6. The van der Waals surface area contributed by atoms with Crippen molar-refractivity contribution in [3.05, 3.63) is 39.9 Å². The maximum absolute atomic E-state index is 13.6. The van der Waals surface area contributed by atoms with Crippen LogP contribution < -0.4 is 5.32 Å². The lowest BCUT2D eigenvalue weighted by Crippen LogP contribution is -2.31. The van der Waals surface area contributed by atoms with Crippen LogP contribution in [0.5, 0.6) is 0 Å². The molecule has 6 nitrogen and oxygen atoms in total. The van der Waals surface area contributed by atoms with Crippen LogP contribution in [0.4, 0.5) is 10.1 Å². The highest BCUT2D eigenvalue weighted by Gasteiger charge is 2.26. The lowest BCUT2D eigenvalue weighted by atomic mass is 10.1. The molecule has 1 aromatic carbocycles. The molecule has 1 atom stereocenters. The number of aryl methyl sites for hydroxylation is 1. The van der Waals surface area contributed by atoms with Crippen molar-refractivity contribution in [3.8, 4) is 6.07 Å². The van der Waals surface area contributed by atoms with E-state index in [1.54, 1.807) is 10.7 Å². The third-order valence-electron chi connectivity index (χ3n) is 4.21. The summed E-state index contributed by atoms with van der Waals surface area (Å²) in [5.41, 5.74) is 1.79. The van der Waals surface area contributed by atoms with Gasteiger partial charge in [-0.05, 0) is 54.0 Å². The first-order chi connectivity index (χ1) is 11.6. The van der Waals surface area contributed by atoms with Crippen LogP contribution in [-0.2, 0) is 7.05 Å². The van der Waals surface area contributed by atoms with E-state index in [9.17, 15) is 9.65 Å². The van der Waals surface area contributed by atoms with Gasteiger partial charge in [-0.25, -0.2) is 4.39 Å². The molecule has 1 aliphatic heterocycles. The Morgan fingerprint density at radius 1 is 1.42 bits per heavy atom. The normalized spacial score (nSPS) is 16.1. The van der Waals surface area contributed by atoms with Crippen LogP contribution in [0.1, 0.15) is 30.1 Å². The quantitative estimate of drug-likeness (QED) is 0.846. The minimum Gasteiger partial charge on any atom is -0.382 e. The first-order valence-electron chi connectivity index (χ1n) is 7.82. The highest BCUT2D eigenvalue weighted by atomic mass is 79.9. The Balaban J connectivity index is 1.81. The van der Waals surface area contributed by atoms with E-state index in [4.69, 9.17) is 0 Å². The number of anilines is 1. The summed E-state index contributed by atoms with van der Waals surface area (Å²) in [6.07, 6.45) is 4.25. The highest BCUT2D eigenvalue weighted by molar-refractivity contribution is 9.10. The molecule has 1 N–H and O–H groups in total. The molecule has 1 saturated heterocycles. The van der Waals surface area contributed by atoms with Crippen LogP contribution in [0.25, 0.3) is 0 Å². The van der Waals surface area contributed by atoms with E-state index < -0.39 is 5.82 Å². The number of rotatable bonds is 5. The number of nitrogens with one attached hydrogen (secondary N) is 1. The van der Waals surface area contributed by atoms with Gasteiger partial charge in [0.2, 0.25) is 0 Å². The minimum absolute atomic E-state index is 0.0663. The Bertz CT molecular complexity index is 762. The second-order valence-electron chi connectivity index (χ2n) is 5.88. The molecule has 24 heavy (non-hydrogen) atoms. The van der Waals surface area contributed by atoms with Crippen molar-refractivity contribution in [2.45, 2.75) is 18.9 Å². The summed E-state index contributed by atoms with van der Waals surface area (Å²) in [6, 6.07) is 4.94. The third-order valence-corrected chi connectivity index (χ3v) is 4.82. The van der Waals surface area contributed by atoms with Crippen molar-refractivity contribution in [1.29, 1.82) is 5.26 Å². The second-order valence-corrected chi connectivity index (χ2v) is 6.73. The molecule has 1 aromatic heterocycles. The molecule has 2 aromatic rings. The van der Waals surface area contributed by atoms with Gasteiger partial charge in [0, 0.05) is 19.8 Å². The minimum atomic E-state index is -0.442. The average molecular weight is 393 g/mol. The fourth-order valence-corrected chi connectivity index (χ4v) is 3.33. The molecule has 3 rings (SSSR count). The molecular weight excluding hydrogens is 375 g/mol. The van der Waals surface area contributed by atoms with Crippen LogP contribution in [0, 0.1) is 17.1 Å². The number of aromatic nitrogens is 3. The molecule has 0 spiro atoms. The molecule has 2 heterocycles. The largest absolute Gasteiger partial charge is 0.382 e. The van der Waals surface area contributed by atoms with Crippen molar-refractivity contribution >= 4 is 21.6 Å². The van der Waals surface area contributed by atoms with E-state index in [0.717, 1.165) is 18.8 Å². The summed E-state index contributed by atoms with van der Waals surface area (Å²) in [5.74, 6) is -0.442. The predicted molar refractivity (Wildman–Crippen MR) is 91.9 cm³/mol. The maximum Gasteiger partial charge on any atom is 0.138 e. The number of hydrogen-bond acceptors (Lipinski definition) is 5.